The summed E-state index contributed by atoms with van der Waals surface area (Å²) < 4.78 is 0. The first-order valence-electron chi connectivity index (χ1n) is 7.35. The second-order valence-corrected chi connectivity index (χ2v) is 6.72. The highest BCUT2D eigenvalue weighted by atomic mass is 35.5. The zero-order valence-electron chi connectivity index (χ0n) is 12.3. The van der Waals surface area contributed by atoms with E-state index in [9.17, 15) is 9.59 Å². The molecule has 0 N–H and O–H groups in total. The first kappa shape index (κ1) is 13.7. The lowest BCUT2D eigenvalue weighted by Crippen LogP contribution is -2.33. The summed E-state index contributed by atoms with van der Waals surface area (Å²) in [5, 5.41) is 0.466. The Morgan fingerprint density at radius 2 is 1.73 bits per heavy atom. The number of pyridine rings is 1. The van der Waals surface area contributed by atoms with E-state index < -0.39 is 0 Å². The van der Waals surface area contributed by atoms with Crippen molar-refractivity contribution in [3.05, 3.63) is 46.7 Å². The first-order valence-corrected chi connectivity index (χ1v) is 7.73. The molecule has 0 radical (unpaired) electrons. The average molecular weight is 315 g/mol. The van der Waals surface area contributed by atoms with Crippen LogP contribution in [0.15, 0.2) is 41.6 Å². The van der Waals surface area contributed by atoms with Crippen molar-refractivity contribution >= 4 is 29.2 Å². The number of hydrogen-bond acceptors (Lipinski definition) is 3. The minimum Gasteiger partial charge on any atom is -0.274 e. The van der Waals surface area contributed by atoms with Crippen LogP contribution in [-0.2, 0) is 9.59 Å². The summed E-state index contributed by atoms with van der Waals surface area (Å²) in [6.07, 6.45) is 5.67. The summed E-state index contributed by atoms with van der Waals surface area (Å²) in [5.41, 5.74) is 2.46. The molecular weight excluding hydrogens is 300 g/mol. The summed E-state index contributed by atoms with van der Waals surface area (Å²) in [7, 11) is 0. The van der Waals surface area contributed by atoms with Gasteiger partial charge in [0.05, 0.1) is 11.8 Å². The van der Waals surface area contributed by atoms with Gasteiger partial charge in [0.15, 0.2) is 0 Å². The van der Waals surface area contributed by atoms with Gasteiger partial charge in [0.2, 0.25) is 11.8 Å². The van der Waals surface area contributed by atoms with E-state index in [2.05, 4.69) is 31.0 Å². The second kappa shape index (κ2) is 4.53. The number of anilines is 1. The predicted molar refractivity (Wildman–Crippen MR) is 83.2 cm³/mol. The predicted octanol–water partition coefficient (Wildman–Crippen LogP) is 2.99. The molecule has 4 rings (SSSR count). The van der Waals surface area contributed by atoms with E-state index in [4.69, 9.17) is 11.6 Å². The number of hydrogen-bond donors (Lipinski definition) is 0. The lowest BCUT2D eigenvalue weighted by Gasteiger charge is -2.18. The SMILES string of the molecule is CC(C)=C1C2C=CC1C1C(=O)N(c3cc(Cl)ccn3)C(=O)C21. The number of allylic oxidation sites excluding steroid dienone is 4. The molecule has 3 aliphatic rings. The Balaban J connectivity index is 1.78. The minimum atomic E-state index is -0.284. The highest BCUT2D eigenvalue weighted by Crippen LogP contribution is 2.57. The Hall–Kier alpha value is -1.94. The zero-order valence-corrected chi connectivity index (χ0v) is 13.0. The fraction of sp³-hybridized carbons (Fsp3) is 0.353. The molecule has 2 bridgehead atoms. The molecule has 0 spiro atoms. The van der Waals surface area contributed by atoms with Gasteiger partial charge >= 0.3 is 0 Å². The second-order valence-electron chi connectivity index (χ2n) is 6.29. The highest BCUT2D eigenvalue weighted by Gasteiger charge is 2.62. The molecule has 0 aromatic carbocycles. The van der Waals surface area contributed by atoms with Crippen LogP contribution in [-0.4, -0.2) is 16.8 Å². The van der Waals surface area contributed by atoms with Crippen LogP contribution in [0.25, 0.3) is 0 Å². The van der Waals surface area contributed by atoms with Crippen molar-refractivity contribution in [2.24, 2.45) is 23.7 Å². The molecule has 4 nitrogen and oxygen atoms in total. The fourth-order valence-electron chi connectivity index (χ4n) is 4.17. The zero-order chi connectivity index (χ0) is 15.6. The topological polar surface area (TPSA) is 50.3 Å². The minimum absolute atomic E-state index is 0.0561. The van der Waals surface area contributed by atoms with Crippen molar-refractivity contribution in [2.45, 2.75) is 13.8 Å². The number of fused-ring (bicyclic) bond motifs is 5. The number of halogens is 1. The van der Waals surface area contributed by atoms with Crippen molar-refractivity contribution in [1.82, 2.24) is 4.98 Å². The van der Waals surface area contributed by atoms with Gasteiger partial charge in [-0.15, -0.1) is 0 Å². The van der Waals surface area contributed by atoms with Gasteiger partial charge in [0, 0.05) is 29.1 Å². The standard InChI is InChI=1S/C17H15ClN2O2/c1-8(2)13-10-3-4-11(13)15-14(10)16(21)20(17(15)22)12-7-9(18)5-6-19-12/h3-7,10-11,14-15H,1-2H3. The maximum Gasteiger partial charge on any atom is 0.239 e. The fourth-order valence-corrected chi connectivity index (χ4v) is 4.33. The van der Waals surface area contributed by atoms with E-state index in [1.54, 1.807) is 12.1 Å². The molecule has 2 fully saturated rings. The quantitative estimate of drug-likeness (QED) is 0.591. The Morgan fingerprint density at radius 3 is 2.23 bits per heavy atom. The average Bonchev–Trinajstić information content (AvgIpc) is 3.09. The normalized spacial score (nSPS) is 32.1. The van der Waals surface area contributed by atoms with E-state index in [0.29, 0.717) is 10.8 Å². The van der Waals surface area contributed by atoms with Gasteiger partial charge in [-0.3, -0.25) is 9.59 Å². The highest BCUT2D eigenvalue weighted by molar-refractivity contribution is 6.31. The number of rotatable bonds is 1. The first-order chi connectivity index (χ1) is 10.5. The molecular formula is C17H15ClN2O2. The third-order valence-electron chi connectivity index (χ3n) is 4.93. The van der Waals surface area contributed by atoms with Gasteiger partial charge in [0.1, 0.15) is 5.82 Å². The molecule has 1 saturated heterocycles. The van der Waals surface area contributed by atoms with Gasteiger partial charge in [-0.25, -0.2) is 9.88 Å². The van der Waals surface area contributed by atoms with Crippen LogP contribution in [0.1, 0.15) is 13.8 Å². The van der Waals surface area contributed by atoms with Crippen LogP contribution in [0.5, 0.6) is 0 Å². The number of aromatic nitrogens is 1. The molecule has 2 aliphatic carbocycles. The van der Waals surface area contributed by atoms with Gasteiger partial charge in [-0.05, 0) is 19.9 Å². The number of imide groups is 1. The monoisotopic (exact) mass is 314 g/mol. The Bertz CT molecular complexity index is 730. The molecule has 1 saturated carbocycles. The molecule has 2 amide bonds. The lowest BCUT2D eigenvalue weighted by molar-refractivity contribution is -0.123. The van der Waals surface area contributed by atoms with Gasteiger partial charge in [-0.2, -0.15) is 0 Å². The molecule has 4 atom stereocenters. The summed E-state index contributed by atoms with van der Waals surface area (Å²) in [5.74, 6) is -0.432. The molecule has 5 heteroatoms. The lowest BCUT2D eigenvalue weighted by atomic mass is 9.85. The van der Waals surface area contributed by atoms with Crippen molar-refractivity contribution < 1.29 is 9.59 Å². The number of carbonyl (C=O) groups excluding carboxylic acids is 2. The third kappa shape index (κ3) is 1.61. The Morgan fingerprint density at radius 1 is 1.14 bits per heavy atom. The van der Waals surface area contributed by atoms with E-state index >= 15 is 0 Å². The summed E-state index contributed by atoms with van der Waals surface area (Å²) >= 11 is 5.96. The number of amides is 2. The van der Waals surface area contributed by atoms with Crippen molar-refractivity contribution in [3.63, 3.8) is 0 Å². The molecule has 22 heavy (non-hydrogen) atoms. The van der Waals surface area contributed by atoms with Crippen LogP contribution < -0.4 is 4.90 Å². The molecule has 112 valence electrons. The van der Waals surface area contributed by atoms with Crippen molar-refractivity contribution in [1.29, 1.82) is 0 Å². The van der Waals surface area contributed by atoms with Crippen molar-refractivity contribution in [2.75, 3.05) is 4.90 Å². The molecule has 2 heterocycles. The van der Waals surface area contributed by atoms with Crippen LogP contribution in [0.4, 0.5) is 5.82 Å². The van der Waals surface area contributed by atoms with Gasteiger partial charge in [0.25, 0.3) is 0 Å². The van der Waals surface area contributed by atoms with E-state index in [1.165, 1.54) is 22.2 Å². The van der Waals surface area contributed by atoms with Gasteiger partial charge < -0.3 is 0 Å². The van der Waals surface area contributed by atoms with Gasteiger partial charge in [-0.1, -0.05) is 34.9 Å². The molecule has 4 unspecified atom stereocenters. The van der Waals surface area contributed by atoms with Crippen LogP contribution >= 0.6 is 11.6 Å². The van der Waals surface area contributed by atoms with E-state index in [1.807, 2.05) is 0 Å². The van der Waals surface area contributed by atoms with E-state index in [0.717, 1.165) is 0 Å². The smallest absolute Gasteiger partial charge is 0.239 e. The molecule has 1 aliphatic heterocycles. The third-order valence-corrected chi connectivity index (χ3v) is 5.16. The largest absolute Gasteiger partial charge is 0.274 e. The maximum atomic E-state index is 12.8. The van der Waals surface area contributed by atoms with E-state index in [-0.39, 0.29) is 35.5 Å². The Kier molecular flexibility index (Phi) is 2.82. The molecule has 1 aromatic rings. The summed E-state index contributed by atoms with van der Waals surface area (Å²) in [4.78, 5) is 31.0. The summed E-state index contributed by atoms with van der Waals surface area (Å²) in [6.45, 7) is 4.10. The van der Waals surface area contributed by atoms with Crippen LogP contribution in [0.3, 0.4) is 0 Å². The maximum absolute atomic E-state index is 12.8. The summed E-state index contributed by atoms with van der Waals surface area (Å²) in [6, 6.07) is 3.19. The van der Waals surface area contributed by atoms with Crippen LogP contribution in [0.2, 0.25) is 5.02 Å². The molecule has 1 aromatic heterocycles. The number of nitrogens with zero attached hydrogens (tertiary/aromatic N) is 2. The van der Waals surface area contributed by atoms with Crippen LogP contribution in [0, 0.1) is 23.7 Å². The number of carbonyl (C=O) groups is 2. The van der Waals surface area contributed by atoms with Crippen molar-refractivity contribution in [3.8, 4) is 0 Å². The Labute approximate surface area is 133 Å².